The lowest BCUT2D eigenvalue weighted by Gasteiger charge is -2.26. The summed E-state index contributed by atoms with van der Waals surface area (Å²) in [5, 5.41) is 6.65. The Bertz CT molecular complexity index is 473. The molecule has 1 aliphatic rings. The van der Waals surface area contributed by atoms with Crippen molar-refractivity contribution < 1.29 is 9.47 Å². The van der Waals surface area contributed by atoms with Crippen LogP contribution in [-0.2, 0) is 11.3 Å². The maximum absolute atomic E-state index is 5.35. The van der Waals surface area contributed by atoms with Crippen LogP contribution in [0.3, 0.4) is 0 Å². The summed E-state index contributed by atoms with van der Waals surface area (Å²) in [4.78, 5) is 6.64. The fourth-order valence-corrected chi connectivity index (χ4v) is 2.41. The normalized spacial score (nSPS) is 16.4. The van der Waals surface area contributed by atoms with Crippen LogP contribution in [0.15, 0.2) is 29.3 Å². The number of hydrogen-bond donors (Lipinski definition) is 2. The van der Waals surface area contributed by atoms with Gasteiger partial charge >= 0.3 is 0 Å². The highest BCUT2D eigenvalue weighted by molar-refractivity contribution is 5.79. The van der Waals surface area contributed by atoms with Gasteiger partial charge in [0.05, 0.1) is 20.3 Å². The number of guanidine groups is 1. The Morgan fingerprint density at radius 3 is 2.77 bits per heavy atom. The molecule has 0 atom stereocenters. The average Bonchev–Trinajstić information content (AvgIpc) is 2.59. The third kappa shape index (κ3) is 5.20. The second-order valence-corrected chi connectivity index (χ2v) is 5.12. The van der Waals surface area contributed by atoms with Gasteiger partial charge in [0.15, 0.2) is 5.96 Å². The van der Waals surface area contributed by atoms with E-state index in [0.29, 0.717) is 6.54 Å². The van der Waals surface area contributed by atoms with Gasteiger partial charge in [-0.2, -0.15) is 0 Å². The second-order valence-electron chi connectivity index (χ2n) is 5.12. The van der Waals surface area contributed by atoms with Gasteiger partial charge in [-0.1, -0.05) is 18.2 Å². The Balaban J connectivity index is 1.72. The number of ether oxygens (including phenoxy) is 2. The Hall–Kier alpha value is -1.79. The van der Waals surface area contributed by atoms with Crippen LogP contribution < -0.4 is 15.4 Å². The third-order valence-corrected chi connectivity index (χ3v) is 3.69. The molecule has 0 unspecified atom stereocenters. The van der Waals surface area contributed by atoms with E-state index in [9.17, 15) is 0 Å². The molecule has 1 saturated heterocycles. The predicted octanol–water partition coefficient (Wildman–Crippen LogP) is 0.692. The number of benzene rings is 1. The Kier molecular flexibility index (Phi) is 6.99. The van der Waals surface area contributed by atoms with Gasteiger partial charge in [-0.15, -0.1) is 0 Å². The highest BCUT2D eigenvalue weighted by Crippen LogP contribution is 2.16. The monoisotopic (exact) mass is 306 g/mol. The first kappa shape index (κ1) is 16.6. The van der Waals surface area contributed by atoms with E-state index in [0.717, 1.165) is 56.7 Å². The van der Waals surface area contributed by atoms with E-state index in [1.165, 1.54) is 0 Å². The van der Waals surface area contributed by atoms with E-state index < -0.39 is 0 Å². The van der Waals surface area contributed by atoms with E-state index in [-0.39, 0.29) is 0 Å². The van der Waals surface area contributed by atoms with Crippen LogP contribution in [0.4, 0.5) is 0 Å². The summed E-state index contributed by atoms with van der Waals surface area (Å²) in [7, 11) is 3.47. The molecule has 1 heterocycles. The minimum absolute atomic E-state index is 0.682. The summed E-state index contributed by atoms with van der Waals surface area (Å²) >= 11 is 0. The van der Waals surface area contributed by atoms with Crippen molar-refractivity contribution in [3.63, 3.8) is 0 Å². The number of methoxy groups -OCH3 is 1. The van der Waals surface area contributed by atoms with Crippen LogP contribution in [0.5, 0.6) is 5.75 Å². The Labute approximate surface area is 132 Å². The van der Waals surface area contributed by atoms with Gasteiger partial charge < -0.3 is 20.1 Å². The van der Waals surface area contributed by atoms with E-state index in [4.69, 9.17) is 9.47 Å². The van der Waals surface area contributed by atoms with Crippen LogP contribution in [-0.4, -0.2) is 64.4 Å². The summed E-state index contributed by atoms with van der Waals surface area (Å²) in [6.07, 6.45) is 0. The fourth-order valence-electron chi connectivity index (χ4n) is 2.41. The third-order valence-electron chi connectivity index (χ3n) is 3.69. The maximum Gasteiger partial charge on any atom is 0.191 e. The fraction of sp³-hybridized carbons (Fsp3) is 0.562. The van der Waals surface area contributed by atoms with Crippen LogP contribution >= 0.6 is 0 Å². The molecular formula is C16H26N4O2. The van der Waals surface area contributed by atoms with Gasteiger partial charge in [-0.05, 0) is 6.07 Å². The summed E-state index contributed by atoms with van der Waals surface area (Å²) in [5.74, 6) is 1.69. The van der Waals surface area contributed by atoms with Crippen LogP contribution in [0.2, 0.25) is 0 Å². The zero-order valence-corrected chi connectivity index (χ0v) is 13.5. The molecule has 1 fully saturated rings. The minimum atomic E-state index is 0.682. The number of morpholine rings is 1. The molecule has 0 aliphatic carbocycles. The van der Waals surface area contributed by atoms with Gasteiger partial charge in [0.1, 0.15) is 5.75 Å². The topological polar surface area (TPSA) is 58.1 Å². The van der Waals surface area contributed by atoms with Crippen molar-refractivity contribution in [1.29, 1.82) is 0 Å². The van der Waals surface area contributed by atoms with Crippen molar-refractivity contribution in [3.05, 3.63) is 29.8 Å². The molecule has 2 N–H and O–H groups in total. The lowest BCUT2D eigenvalue weighted by Crippen LogP contribution is -2.44. The highest BCUT2D eigenvalue weighted by Gasteiger charge is 2.09. The van der Waals surface area contributed by atoms with Crippen LogP contribution in [0, 0.1) is 0 Å². The van der Waals surface area contributed by atoms with E-state index in [1.807, 2.05) is 24.3 Å². The molecule has 1 aromatic rings. The van der Waals surface area contributed by atoms with Crippen LogP contribution in [0.25, 0.3) is 0 Å². The molecule has 122 valence electrons. The number of para-hydroxylation sites is 1. The van der Waals surface area contributed by atoms with E-state index in [1.54, 1.807) is 14.2 Å². The number of aliphatic imine (C=N–C) groups is 1. The molecule has 6 nitrogen and oxygen atoms in total. The summed E-state index contributed by atoms with van der Waals surface area (Å²) in [5.41, 5.74) is 1.11. The number of nitrogens with zero attached hydrogens (tertiary/aromatic N) is 2. The molecule has 1 aliphatic heterocycles. The lowest BCUT2D eigenvalue weighted by atomic mass is 10.2. The number of nitrogens with one attached hydrogen (secondary N) is 2. The smallest absolute Gasteiger partial charge is 0.191 e. The Morgan fingerprint density at radius 2 is 2.05 bits per heavy atom. The van der Waals surface area contributed by atoms with Gasteiger partial charge in [0.25, 0.3) is 0 Å². The SMILES string of the molecule is CN=C(NCCN1CCOCC1)NCc1ccccc1OC. The van der Waals surface area contributed by atoms with Gasteiger partial charge in [-0.3, -0.25) is 9.89 Å². The lowest BCUT2D eigenvalue weighted by molar-refractivity contribution is 0.0389. The quantitative estimate of drug-likeness (QED) is 0.598. The molecule has 6 heteroatoms. The molecule has 0 bridgehead atoms. The van der Waals surface area contributed by atoms with Gasteiger partial charge in [-0.25, -0.2) is 0 Å². The maximum atomic E-state index is 5.35. The average molecular weight is 306 g/mol. The van der Waals surface area contributed by atoms with Crippen molar-refractivity contribution in [2.75, 3.05) is 53.6 Å². The second kappa shape index (κ2) is 9.27. The summed E-state index contributed by atoms with van der Waals surface area (Å²) in [6, 6.07) is 7.99. The number of hydrogen-bond acceptors (Lipinski definition) is 4. The van der Waals surface area contributed by atoms with Crippen molar-refractivity contribution in [1.82, 2.24) is 15.5 Å². The van der Waals surface area contributed by atoms with Crippen molar-refractivity contribution in [2.45, 2.75) is 6.54 Å². The van der Waals surface area contributed by atoms with E-state index in [2.05, 4.69) is 20.5 Å². The molecule has 2 rings (SSSR count). The number of rotatable bonds is 6. The molecular weight excluding hydrogens is 280 g/mol. The van der Waals surface area contributed by atoms with Gasteiger partial charge in [0, 0.05) is 45.3 Å². The highest BCUT2D eigenvalue weighted by atomic mass is 16.5. The zero-order valence-electron chi connectivity index (χ0n) is 13.5. The van der Waals surface area contributed by atoms with Crippen LogP contribution in [0.1, 0.15) is 5.56 Å². The molecule has 22 heavy (non-hydrogen) atoms. The predicted molar refractivity (Wildman–Crippen MR) is 88.5 cm³/mol. The molecule has 1 aromatic carbocycles. The largest absolute Gasteiger partial charge is 0.496 e. The first-order chi connectivity index (χ1) is 10.8. The summed E-state index contributed by atoms with van der Waals surface area (Å²) < 4.78 is 10.7. The first-order valence-electron chi connectivity index (χ1n) is 7.70. The van der Waals surface area contributed by atoms with Crippen molar-refractivity contribution in [3.8, 4) is 5.75 Å². The zero-order chi connectivity index (χ0) is 15.6. The van der Waals surface area contributed by atoms with E-state index >= 15 is 0 Å². The van der Waals surface area contributed by atoms with Crippen molar-refractivity contribution >= 4 is 5.96 Å². The first-order valence-corrected chi connectivity index (χ1v) is 7.70. The Morgan fingerprint density at radius 1 is 1.27 bits per heavy atom. The molecule has 0 aromatic heterocycles. The molecule has 0 saturated carbocycles. The standard InChI is InChI=1S/C16H26N4O2/c1-17-16(18-7-8-20-9-11-22-12-10-20)19-13-14-5-3-4-6-15(14)21-2/h3-6H,7-13H2,1-2H3,(H2,17,18,19). The van der Waals surface area contributed by atoms with Crippen molar-refractivity contribution in [2.24, 2.45) is 4.99 Å². The van der Waals surface area contributed by atoms with Gasteiger partial charge in [0.2, 0.25) is 0 Å². The molecule has 0 radical (unpaired) electrons. The minimum Gasteiger partial charge on any atom is -0.496 e. The molecule has 0 amide bonds. The summed E-state index contributed by atoms with van der Waals surface area (Å²) in [6.45, 7) is 6.23. The molecule has 0 spiro atoms.